The predicted octanol–water partition coefficient (Wildman–Crippen LogP) is 0.415. The van der Waals surface area contributed by atoms with Crippen molar-refractivity contribution in [2.75, 3.05) is 67.6 Å². The second-order valence-corrected chi connectivity index (χ2v) is 5.91. The Kier molecular flexibility index (Phi) is 9.63. The number of carbonyl (C=O) groups excluding carboxylic acids is 1. The van der Waals surface area contributed by atoms with Crippen LogP contribution in [0.2, 0.25) is 0 Å². The first-order valence-corrected chi connectivity index (χ1v) is 8.33. The molecule has 134 valence electrons. The first-order valence-electron chi connectivity index (χ1n) is 8.33. The molecule has 0 amide bonds. The van der Waals surface area contributed by atoms with E-state index in [2.05, 4.69) is 27.2 Å². The summed E-state index contributed by atoms with van der Waals surface area (Å²) in [5.74, 6) is 0.864. The van der Waals surface area contributed by atoms with Crippen molar-refractivity contribution in [3.05, 3.63) is 0 Å². The number of piperidine rings is 1. The summed E-state index contributed by atoms with van der Waals surface area (Å²) in [4.78, 5) is 20.4. The maximum Gasteiger partial charge on any atom is 0.308 e. The van der Waals surface area contributed by atoms with Gasteiger partial charge >= 0.3 is 5.97 Å². The van der Waals surface area contributed by atoms with Crippen LogP contribution in [-0.2, 0) is 14.3 Å². The molecule has 0 aromatic heterocycles. The minimum atomic E-state index is -0.0910. The van der Waals surface area contributed by atoms with Gasteiger partial charge in [0.05, 0.1) is 19.6 Å². The normalized spacial score (nSPS) is 16.7. The monoisotopic (exact) mass is 328 g/mol. The quantitative estimate of drug-likeness (QED) is 0.301. The fourth-order valence-electron chi connectivity index (χ4n) is 2.73. The lowest BCUT2D eigenvalue weighted by molar-refractivity contribution is -0.146. The largest absolute Gasteiger partial charge is 0.469 e. The number of hydrogen-bond acceptors (Lipinski definition) is 5. The van der Waals surface area contributed by atoms with Crippen LogP contribution in [0.25, 0.3) is 0 Å². The standard InChI is InChI=1S/C16H32N4O3/c1-17-16(18-8-5-9-19(2)12-13-22-3)20-10-6-14(7-11-20)15(21)23-4/h14H,5-13H2,1-4H3,(H,17,18). The maximum atomic E-state index is 11.6. The number of aliphatic imine (C=N–C) groups is 1. The van der Waals surface area contributed by atoms with Crippen LogP contribution in [0.1, 0.15) is 19.3 Å². The van der Waals surface area contributed by atoms with Gasteiger partial charge in [0.25, 0.3) is 0 Å². The molecule has 0 aromatic carbocycles. The zero-order chi connectivity index (χ0) is 17.1. The van der Waals surface area contributed by atoms with Gasteiger partial charge in [-0.2, -0.15) is 0 Å². The molecule has 1 aliphatic rings. The number of likely N-dealkylation sites (N-methyl/N-ethyl adjacent to an activating group) is 1. The van der Waals surface area contributed by atoms with Gasteiger partial charge in [0.2, 0.25) is 0 Å². The molecular weight excluding hydrogens is 296 g/mol. The van der Waals surface area contributed by atoms with E-state index in [-0.39, 0.29) is 11.9 Å². The lowest BCUT2D eigenvalue weighted by Crippen LogP contribution is -2.47. The van der Waals surface area contributed by atoms with Crippen molar-refractivity contribution >= 4 is 11.9 Å². The van der Waals surface area contributed by atoms with Gasteiger partial charge in [-0.05, 0) is 32.9 Å². The summed E-state index contributed by atoms with van der Waals surface area (Å²) in [6.07, 6.45) is 2.71. The average molecular weight is 328 g/mol. The second kappa shape index (κ2) is 11.2. The fourth-order valence-corrected chi connectivity index (χ4v) is 2.73. The highest BCUT2D eigenvalue weighted by atomic mass is 16.5. The average Bonchev–Trinajstić information content (AvgIpc) is 2.59. The molecule has 0 aromatic rings. The summed E-state index contributed by atoms with van der Waals surface area (Å²) < 4.78 is 9.90. The highest BCUT2D eigenvalue weighted by molar-refractivity contribution is 5.80. The van der Waals surface area contributed by atoms with E-state index in [0.29, 0.717) is 0 Å². The molecule has 0 bridgehead atoms. The molecule has 0 spiro atoms. The molecule has 0 aliphatic carbocycles. The van der Waals surface area contributed by atoms with Gasteiger partial charge in [-0.25, -0.2) is 0 Å². The van der Waals surface area contributed by atoms with Crippen LogP contribution in [0, 0.1) is 5.92 Å². The number of nitrogens with one attached hydrogen (secondary N) is 1. The maximum absolute atomic E-state index is 11.6. The van der Waals surface area contributed by atoms with Crippen LogP contribution in [0.5, 0.6) is 0 Å². The van der Waals surface area contributed by atoms with Crippen molar-refractivity contribution in [3.8, 4) is 0 Å². The molecule has 23 heavy (non-hydrogen) atoms. The third-order valence-electron chi connectivity index (χ3n) is 4.22. The second-order valence-electron chi connectivity index (χ2n) is 5.91. The Hall–Kier alpha value is -1.34. The van der Waals surface area contributed by atoms with E-state index >= 15 is 0 Å². The van der Waals surface area contributed by atoms with Crippen LogP contribution in [0.4, 0.5) is 0 Å². The van der Waals surface area contributed by atoms with Gasteiger partial charge in [0, 0.05) is 40.3 Å². The van der Waals surface area contributed by atoms with E-state index in [4.69, 9.17) is 9.47 Å². The molecule has 1 N–H and O–H groups in total. The molecule has 1 saturated heterocycles. The summed E-state index contributed by atoms with van der Waals surface area (Å²) in [5.41, 5.74) is 0. The highest BCUT2D eigenvalue weighted by Gasteiger charge is 2.26. The number of guanidine groups is 1. The smallest absolute Gasteiger partial charge is 0.308 e. The Bertz CT molecular complexity index is 368. The van der Waals surface area contributed by atoms with Gasteiger partial charge in [-0.1, -0.05) is 0 Å². The number of likely N-dealkylation sites (tertiary alicyclic amines) is 1. The van der Waals surface area contributed by atoms with Crippen molar-refractivity contribution in [2.24, 2.45) is 10.9 Å². The van der Waals surface area contributed by atoms with Crippen LogP contribution < -0.4 is 5.32 Å². The lowest BCUT2D eigenvalue weighted by Gasteiger charge is -2.33. The Morgan fingerprint density at radius 2 is 2.00 bits per heavy atom. The molecule has 7 heteroatoms. The predicted molar refractivity (Wildman–Crippen MR) is 91.7 cm³/mol. The molecule has 1 heterocycles. The summed E-state index contributed by atoms with van der Waals surface area (Å²) in [6.45, 7) is 5.31. The molecule has 0 unspecified atom stereocenters. The van der Waals surface area contributed by atoms with Crippen molar-refractivity contribution in [3.63, 3.8) is 0 Å². The Balaban J connectivity index is 2.24. The van der Waals surface area contributed by atoms with Crippen LogP contribution in [0.15, 0.2) is 4.99 Å². The zero-order valence-corrected chi connectivity index (χ0v) is 15.0. The number of methoxy groups -OCH3 is 2. The molecule has 1 fully saturated rings. The first kappa shape index (κ1) is 19.7. The van der Waals surface area contributed by atoms with E-state index in [9.17, 15) is 4.79 Å². The molecule has 0 radical (unpaired) electrons. The topological polar surface area (TPSA) is 66.4 Å². The Morgan fingerprint density at radius 1 is 1.30 bits per heavy atom. The van der Waals surface area contributed by atoms with Crippen molar-refractivity contribution < 1.29 is 14.3 Å². The Labute approximate surface area is 140 Å². The van der Waals surface area contributed by atoms with E-state index in [1.165, 1.54) is 7.11 Å². The van der Waals surface area contributed by atoms with Crippen LogP contribution in [0.3, 0.4) is 0 Å². The van der Waals surface area contributed by atoms with E-state index in [0.717, 1.165) is 64.6 Å². The molecular formula is C16H32N4O3. The number of ether oxygens (including phenoxy) is 2. The molecule has 0 saturated carbocycles. The lowest BCUT2D eigenvalue weighted by atomic mass is 9.97. The molecule has 7 nitrogen and oxygen atoms in total. The number of nitrogens with zero attached hydrogens (tertiary/aromatic N) is 3. The Morgan fingerprint density at radius 3 is 2.57 bits per heavy atom. The summed E-state index contributed by atoms with van der Waals surface area (Å²) in [6, 6.07) is 0. The fraction of sp³-hybridized carbons (Fsp3) is 0.875. The van der Waals surface area contributed by atoms with Crippen molar-refractivity contribution in [1.29, 1.82) is 0 Å². The molecule has 1 aliphatic heterocycles. The summed E-state index contributed by atoms with van der Waals surface area (Å²) in [5, 5.41) is 3.41. The van der Waals surface area contributed by atoms with Gasteiger partial charge < -0.3 is 24.6 Å². The zero-order valence-electron chi connectivity index (χ0n) is 15.0. The summed E-state index contributed by atoms with van der Waals surface area (Å²) >= 11 is 0. The highest BCUT2D eigenvalue weighted by Crippen LogP contribution is 2.18. The minimum Gasteiger partial charge on any atom is -0.469 e. The number of rotatable bonds is 8. The van der Waals surface area contributed by atoms with Crippen molar-refractivity contribution in [2.45, 2.75) is 19.3 Å². The minimum absolute atomic E-state index is 0.0313. The third kappa shape index (κ3) is 7.18. The van der Waals surface area contributed by atoms with Gasteiger partial charge in [0.1, 0.15) is 0 Å². The van der Waals surface area contributed by atoms with Crippen LogP contribution >= 0.6 is 0 Å². The molecule has 1 rings (SSSR count). The number of carbonyl (C=O) groups is 1. The number of esters is 1. The SMILES string of the molecule is CN=C(NCCCN(C)CCOC)N1CCC(C(=O)OC)CC1. The van der Waals surface area contributed by atoms with Gasteiger partial charge in [0.15, 0.2) is 5.96 Å². The third-order valence-corrected chi connectivity index (χ3v) is 4.22. The van der Waals surface area contributed by atoms with Crippen LogP contribution in [-0.4, -0.2) is 89.4 Å². The summed E-state index contributed by atoms with van der Waals surface area (Å²) in [7, 11) is 7.09. The number of hydrogen-bond donors (Lipinski definition) is 1. The first-order chi connectivity index (χ1) is 11.1. The van der Waals surface area contributed by atoms with Gasteiger partial charge in [-0.3, -0.25) is 9.79 Å². The van der Waals surface area contributed by atoms with E-state index in [1.807, 2.05) is 0 Å². The van der Waals surface area contributed by atoms with E-state index in [1.54, 1.807) is 14.2 Å². The van der Waals surface area contributed by atoms with E-state index < -0.39 is 0 Å². The molecule has 0 atom stereocenters. The van der Waals surface area contributed by atoms with Crippen molar-refractivity contribution in [1.82, 2.24) is 15.1 Å². The van der Waals surface area contributed by atoms with Gasteiger partial charge in [-0.15, -0.1) is 0 Å².